The fourth-order valence-electron chi connectivity index (χ4n) is 3.34. The van der Waals surface area contributed by atoms with Gasteiger partial charge in [-0.2, -0.15) is 0 Å². The van der Waals surface area contributed by atoms with E-state index in [-0.39, 0.29) is 12.1 Å². The van der Waals surface area contributed by atoms with Gasteiger partial charge in [-0.1, -0.05) is 12.1 Å². The van der Waals surface area contributed by atoms with E-state index in [4.69, 9.17) is 10.5 Å². The third-order valence-electron chi connectivity index (χ3n) is 4.71. The quantitative estimate of drug-likeness (QED) is 0.922. The fourth-order valence-corrected chi connectivity index (χ4v) is 3.34. The molecule has 1 aliphatic heterocycles. The highest BCUT2D eigenvalue weighted by Crippen LogP contribution is 2.29. The van der Waals surface area contributed by atoms with Crippen LogP contribution in [0.1, 0.15) is 32.4 Å². The second-order valence-electron chi connectivity index (χ2n) is 6.40. The minimum atomic E-state index is 0.0833. The molecule has 2 rings (SSSR count). The summed E-state index contributed by atoms with van der Waals surface area (Å²) in [4.78, 5) is 4.97. The Kier molecular flexibility index (Phi) is 5.25. The molecule has 21 heavy (non-hydrogen) atoms. The maximum atomic E-state index is 6.32. The van der Waals surface area contributed by atoms with E-state index in [0.29, 0.717) is 12.1 Å². The molecule has 2 N–H and O–H groups in total. The summed E-state index contributed by atoms with van der Waals surface area (Å²) in [5.41, 5.74) is 7.56. The molecule has 0 saturated carbocycles. The molecule has 0 aromatic heterocycles. The Hall–Kier alpha value is -1.10. The zero-order chi connectivity index (χ0) is 15.6. The highest BCUT2D eigenvalue weighted by Gasteiger charge is 2.33. The molecule has 4 unspecified atom stereocenters. The molecule has 4 atom stereocenters. The van der Waals surface area contributed by atoms with Crippen molar-refractivity contribution in [3.05, 3.63) is 29.8 Å². The number of rotatable bonds is 4. The molecule has 0 spiro atoms. The van der Waals surface area contributed by atoms with Gasteiger partial charge in [0.2, 0.25) is 0 Å². The molecule has 0 bridgehead atoms. The first-order chi connectivity index (χ1) is 9.93. The van der Waals surface area contributed by atoms with Crippen LogP contribution in [-0.2, 0) is 0 Å². The van der Waals surface area contributed by atoms with Crippen molar-refractivity contribution in [1.29, 1.82) is 0 Å². The average Bonchev–Trinajstić information content (AvgIpc) is 2.44. The van der Waals surface area contributed by atoms with Crippen LogP contribution < -0.4 is 10.5 Å². The SMILES string of the molecule is COc1cccc(C(C(C)N)N2CC(C)N(C)C(C)C2)c1. The third-order valence-corrected chi connectivity index (χ3v) is 4.71. The lowest BCUT2D eigenvalue weighted by Crippen LogP contribution is -2.57. The van der Waals surface area contributed by atoms with Crippen molar-refractivity contribution < 1.29 is 4.74 Å². The number of hydrogen-bond donors (Lipinski definition) is 1. The van der Waals surface area contributed by atoms with E-state index in [2.05, 4.69) is 49.8 Å². The Morgan fingerprint density at radius 2 is 1.86 bits per heavy atom. The second-order valence-corrected chi connectivity index (χ2v) is 6.40. The lowest BCUT2D eigenvalue weighted by molar-refractivity contribution is 0.0273. The zero-order valence-electron chi connectivity index (χ0n) is 13.9. The van der Waals surface area contributed by atoms with Crippen molar-refractivity contribution in [3.8, 4) is 5.75 Å². The molecule has 4 heteroatoms. The summed E-state index contributed by atoms with van der Waals surface area (Å²) >= 11 is 0. The van der Waals surface area contributed by atoms with Crippen LogP contribution in [0.25, 0.3) is 0 Å². The highest BCUT2D eigenvalue weighted by molar-refractivity contribution is 5.31. The number of piperazine rings is 1. The van der Waals surface area contributed by atoms with Gasteiger partial charge in [0, 0.05) is 37.3 Å². The number of methoxy groups -OCH3 is 1. The number of nitrogens with two attached hydrogens (primary N) is 1. The Morgan fingerprint density at radius 3 is 2.38 bits per heavy atom. The van der Waals surface area contributed by atoms with Gasteiger partial charge in [-0.25, -0.2) is 0 Å². The summed E-state index contributed by atoms with van der Waals surface area (Å²) in [5, 5.41) is 0. The summed E-state index contributed by atoms with van der Waals surface area (Å²) < 4.78 is 5.36. The van der Waals surface area contributed by atoms with Gasteiger partial charge in [-0.05, 0) is 45.5 Å². The van der Waals surface area contributed by atoms with E-state index in [0.717, 1.165) is 18.8 Å². The van der Waals surface area contributed by atoms with Crippen molar-refractivity contribution in [2.24, 2.45) is 5.73 Å². The van der Waals surface area contributed by atoms with Crippen LogP contribution in [-0.4, -0.2) is 55.2 Å². The van der Waals surface area contributed by atoms with E-state index < -0.39 is 0 Å². The molecule has 1 heterocycles. The Balaban J connectivity index is 2.26. The molecular weight excluding hydrogens is 262 g/mol. The standard InChI is InChI=1S/C17H29N3O/c1-12-10-20(11-13(2)19(12)4)17(14(3)18)15-7-6-8-16(9-15)21-5/h6-9,12-14,17H,10-11,18H2,1-5H3. The first-order valence-corrected chi connectivity index (χ1v) is 7.79. The number of likely N-dealkylation sites (N-methyl/N-ethyl adjacent to an activating group) is 1. The van der Waals surface area contributed by atoms with Crippen LogP contribution in [0.15, 0.2) is 24.3 Å². The molecule has 0 radical (unpaired) electrons. The smallest absolute Gasteiger partial charge is 0.119 e. The molecule has 4 nitrogen and oxygen atoms in total. The molecular formula is C17H29N3O. The lowest BCUT2D eigenvalue weighted by Gasteiger charge is -2.46. The Morgan fingerprint density at radius 1 is 1.24 bits per heavy atom. The minimum Gasteiger partial charge on any atom is -0.497 e. The predicted molar refractivity (Wildman–Crippen MR) is 87.6 cm³/mol. The van der Waals surface area contributed by atoms with Crippen LogP contribution in [0.2, 0.25) is 0 Å². The molecule has 0 aliphatic carbocycles. The van der Waals surface area contributed by atoms with Crippen LogP contribution in [0.3, 0.4) is 0 Å². The van der Waals surface area contributed by atoms with Gasteiger partial charge < -0.3 is 10.5 Å². The highest BCUT2D eigenvalue weighted by atomic mass is 16.5. The number of benzene rings is 1. The molecule has 0 amide bonds. The van der Waals surface area contributed by atoms with Crippen LogP contribution >= 0.6 is 0 Å². The van der Waals surface area contributed by atoms with Crippen molar-refractivity contribution in [2.45, 2.75) is 44.9 Å². The maximum absolute atomic E-state index is 6.32. The van der Waals surface area contributed by atoms with Crippen molar-refractivity contribution in [3.63, 3.8) is 0 Å². The normalized spacial score (nSPS) is 27.3. The summed E-state index contributed by atoms with van der Waals surface area (Å²) in [5.74, 6) is 0.897. The fraction of sp³-hybridized carbons (Fsp3) is 0.647. The van der Waals surface area contributed by atoms with Gasteiger partial charge in [0.05, 0.1) is 7.11 Å². The van der Waals surface area contributed by atoms with Gasteiger partial charge in [0.1, 0.15) is 5.75 Å². The molecule has 1 saturated heterocycles. The minimum absolute atomic E-state index is 0.0833. The molecule has 1 fully saturated rings. The molecule has 1 aromatic rings. The van der Waals surface area contributed by atoms with Crippen LogP contribution in [0.4, 0.5) is 0 Å². The maximum Gasteiger partial charge on any atom is 0.119 e. The van der Waals surface area contributed by atoms with Gasteiger partial charge in [-0.3, -0.25) is 9.80 Å². The van der Waals surface area contributed by atoms with Crippen molar-refractivity contribution in [2.75, 3.05) is 27.2 Å². The van der Waals surface area contributed by atoms with E-state index in [1.165, 1.54) is 5.56 Å². The number of ether oxygens (including phenoxy) is 1. The zero-order valence-corrected chi connectivity index (χ0v) is 13.9. The van der Waals surface area contributed by atoms with E-state index >= 15 is 0 Å². The van der Waals surface area contributed by atoms with Gasteiger partial charge in [-0.15, -0.1) is 0 Å². The van der Waals surface area contributed by atoms with E-state index in [9.17, 15) is 0 Å². The summed E-state index contributed by atoms with van der Waals surface area (Å²) in [6.07, 6.45) is 0. The first kappa shape index (κ1) is 16.3. The van der Waals surface area contributed by atoms with Crippen LogP contribution in [0.5, 0.6) is 5.75 Å². The van der Waals surface area contributed by atoms with Crippen LogP contribution in [0, 0.1) is 0 Å². The number of hydrogen-bond acceptors (Lipinski definition) is 4. The number of nitrogens with zero attached hydrogens (tertiary/aromatic N) is 2. The van der Waals surface area contributed by atoms with Gasteiger partial charge >= 0.3 is 0 Å². The van der Waals surface area contributed by atoms with Gasteiger partial charge in [0.25, 0.3) is 0 Å². The van der Waals surface area contributed by atoms with Gasteiger partial charge in [0.15, 0.2) is 0 Å². The molecule has 1 aromatic carbocycles. The second kappa shape index (κ2) is 6.77. The summed E-state index contributed by atoms with van der Waals surface area (Å²) in [6, 6.07) is 9.70. The molecule has 118 valence electrons. The summed E-state index contributed by atoms with van der Waals surface area (Å²) in [7, 11) is 3.92. The third kappa shape index (κ3) is 3.57. The average molecular weight is 291 g/mol. The summed E-state index contributed by atoms with van der Waals surface area (Å²) in [6.45, 7) is 8.76. The first-order valence-electron chi connectivity index (χ1n) is 7.79. The Labute approximate surface area is 128 Å². The monoisotopic (exact) mass is 291 g/mol. The largest absolute Gasteiger partial charge is 0.497 e. The predicted octanol–water partition coefficient (Wildman–Crippen LogP) is 2.11. The van der Waals surface area contributed by atoms with E-state index in [1.54, 1.807) is 7.11 Å². The molecule has 1 aliphatic rings. The topological polar surface area (TPSA) is 41.7 Å². The Bertz CT molecular complexity index is 451. The lowest BCUT2D eigenvalue weighted by atomic mass is 9.96. The van der Waals surface area contributed by atoms with E-state index in [1.807, 2.05) is 12.1 Å². The van der Waals surface area contributed by atoms with Crippen molar-refractivity contribution in [1.82, 2.24) is 9.80 Å². The van der Waals surface area contributed by atoms with Crippen molar-refractivity contribution >= 4 is 0 Å².